The number of benzene rings is 3. The maximum Gasteiger partial charge on any atom is 0.243 e. The predicted molar refractivity (Wildman–Crippen MR) is 155 cm³/mol. The largest absolute Gasteiger partial charge is 0.354 e. The van der Waals surface area contributed by atoms with Crippen LogP contribution in [-0.4, -0.2) is 35.1 Å². The molecular weight excluding hydrogens is 500 g/mol. The summed E-state index contributed by atoms with van der Waals surface area (Å²) in [6, 6.07) is 25.3. The number of carbonyl (C=O) groups excluding carboxylic acids is 2. The minimum Gasteiger partial charge on any atom is -0.354 e. The summed E-state index contributed by atoms with van der Waals surface area (Å²) in [7, 11) is 0. The molecular formula is C31H37ClN2O2S. The van der Waals surface area contributed by atoms with Gasteiger partial charge in [-0.25, -0.2) is 0 Å². The van der Waals surface area contributed by atoms with E-state index >= 15 is 0 Å². The van der Waals surface area contributed by atoms with E-state index in [1.165, 1.54) is 0 Å². The monoisotopic (exact) mass is 536 g/mol. The topological polar surface area (TPSA) is 49.4 Å². The van der Waals surface area contributed by atoms with Gasteiger partial charge in [-0.3, -0.25) is 9.59 Å². The Morgan fingerprint density at radius 3 is 2.38 bits per heavy atom. The number of carbonyl (C=O) groups is 2. The van der Waals surface area contributed by atoms with Crippen molar-refractivity contribution in [2.75, 3.05) is 12.3 Å². The third kappa shape index (κ3) is 9.90. The number of thioether (sulfide) groups is 1. The fraction of sp³-hybridized carbons (Fsp3) is 0.355. The van der Waals surface area contributed by atoms with Crippen LogP contribution < -0.4 is 5.32 Å². The van der Waals surface area contributed by atoms with Crippen molar-refractivity contribution in [3.05, 3.63) is 101 Å². The third-order valence-electron chi connectivity index (χ3n) is 6.15. The molecule has 0 aromatic heterocycles. The molecule has 3 aromatic carbocycles. The number of rotatable bonds is 14. The zero-order valence-corrected chi connectivity index (χ0v) is 23.4. The van der Waals surface area contributed by atoms with E-state index in [-0.39, 0.29) is 11.8 Å². The van der Waals surface area contributed by atoms with Gasteiger partial charge in [0.15, 0.2) is 0 Å². The molecule has 37 heavy (non-hydrogen) atoms. The van der Waals surface area contributed by atoms with Crippen LogP contribution in [0, 0.1) is 6.92 Å². The number of hydrogen-bond donors (Lipinski definition) is 1. The van der Waals surface area contributed by atoms with Crippen LogP contribution in [0.5, 0.6) is 0 Å². The fourth-order valence-corrected chi connectivity index (χ4v) is 5.13. The Labute approximate surface area is 230 Å². The average molecular weight is 537 g/mol. The van der Waals surface area contributed by atoms with Crippen LogP contribution in [0.25, 0.3) is 0 Å². The van der Waals surface area contributed by atoms with Crippen molar-refractivity contribution in [1.82, 2.24) is 10.2 Å². The summed E-state index contributed by atoms with van der Waals surface area (Å²) in [5, 5.41) is 3.80. The van der Waals surface area contributed by atoms with Crippen LogP contribution in [0.3, 0.4) is 0 Å². The van der Waals surface area contributed by atoms with Gasteiger partial charge in [-0.05, 0) is 60.9 Å². The highest BCUT2D eigenvalue weighted by Crippen LogP contribution is 2.22. The molecule has 2 amide bonds. The van der Waals surface area contributed by atoms with E-state index in [9.17, 15) is 9.59 Å². The first-order valence-corrected chi connectivity index (χ1v) is 14.4. The predicted octanol–water partition coefficient (Wildman–Crippen LogP) is 7.08. The molecule has 3 rings (SSSR count). The summed E-state index contributed by atoms with van der Waals surface area (Å²) in [5.41, 5.74) is 3.21. The second-order valence-corrected chi connectivity index (χ2v) is 10.9. The Morgan fingerprint density at radius 1 is 0.946 bits per heavy atom. The molecule has 0 heterocycles. The molecule has 0 saturated carbocycles. The van der Waals surface area contributed by atoms with Crippen molar-refractivity contribution in [2.45, 2.75) is 63.4 Å². The lowest BCUT2D eigenvalue weighted by atomic mass is 10.0. The highest BCUT2D eigenvalue weighted by molar-refractivity contribution is 7.99. The maximum absolute atomic E-state index is 13.7. The van der Waals surface area contributed by atoms with E-state index in [1.54, 1.807) is 16.7 Å². The Bertz CT molecular complexity index is 1120. The van der Waals surface area contributed by atoms with Crippen molar-refractivity contribution < 1.29 is 9.59 Å². The van der Waals surface area contributed by atoms with E-state index in [1.807, 2.05) is 79.7 Å². The highest BCUT2D eigenvalue weighted by atomic mass is 35.5. The van der Waals surface area contributed by atoms with E-state index in [4.69, 9.17) is 11.6 Å². The quantitative estimate of drug-likeness (QED) is 0.177. The van der Waals surface area contributed by atoms with Crippen molar-refractivity contribution >= 4 is 35.2 Å². The van der Waals surface area contributed by atoms with E-state index < -0.39 is 6.04 Å². The molecule has 0 saturated heterocycles. The van der Waals surface area contributed by atoms with E-state index in [2.05, 4.69) is 18.3 Å². The Kier molecular flexibility index (Phi) is 12.1. The van der Waals surface area contributed by atoms with Gasteiger partial charge in [0.25, 0.3) is 0 Å². The van der Waals surface area contributed by atoms with Crippen LogP contribution in [0.1, 0.15) is 49.3 Å². The average Bonchev–Trinajstić information content (AvgIpc) is 2.90. The molecule has 0 spiro atoms. The molecule has 0 radical (unpaired) electrons. The molecule has 0 fully saturated rings. The standard InChI is InChI=1S/C31H37ClN2O2S/c1-3-4-19-33-31(36)29(22-25-11-6-5-7-12-25)34(23-26-13-8-10-24(2)21-26)30(35)14-9-20-37-28-17-15-27(32)16-18-28/h5-8,10-13,15-18,21,29H,3-4,9,14,19-20,22-23H2,1-2H3,(H,33,36)/t29-/m0/s1. The lowest BCUT2D eigenvalue weighted by Crippen LogP contribution is -2.50. The lowest BCUT2D eigenvalue weighted by molar-refractivity contribution is -0.141. The van der Waals surface area contributed by atoms with Gasteiger partial charge in [-0.15, -0.1) is 11.8 Å². The zero-order chi connectivity index (χ0) is 26.5. The summed E-state index contributed by atoms with van der Waals surface area (Å²) < 4.78 is 0. The second-order valence-electron chi connectivity index (χ2n) is 9.27. The molecule has 6 heteroatoms. The number of aryl methyl sites for hydroxylation is 1. The SMILES string of the molecule is CCCCNC(=O)[C@H](Cc1ccccc1)N(Cc1cccc(C)c1)C(=O)CCCSc1ccc(Cl)cc1. The molecule has 196 valence electrons. The van der Waals surface area contributed by atoms with Gasteiger partial charge in [0.1, 0.15) is 6.04 Å². The summed E-state index contributed by atoms with van der Waals surface area (Å²) in [5.74, 6) is 0.733. The van der Waals surface area contributed by atoms with Gasteiger partial charge in [-0.2, -0.15) is 0 Å². The molecule has 0 bridgehead atoms. The molecule has 0 aliphatic carbocycles. The number of unbranched alkanes of at least 4 members (excludes halogenated alkanes) is 1. The van der Waals surface area contributed by atoms with Crippen molar-refractivity contribution in [1.29, 1.82) is 0 Å². The van der Waals surface area contributed by atoms with Crippen LogP contribution in [0.4, 0.5) is 0 Å². The van der Waals surface area contributed by atoms with Gasteiger partial charge in [0, 0.05) is 35.8 Å². The summed E-state index contributed by atoms with van der Waals surface area (Å²) in [6.45, 7) is 5.17. The van der Waals surface area contributed by atoms with Gasteiger partial charge in [0.05, 0.1) is 0 Å². The Morgan fingerprint density at radius 2 is 1.68 bits per heavy atom. The first-order chi connectivity index (χ1) is 18.0. The smallest absolute Gasteiger partial charge is 0.243 e. The number of nitrogens with zero attached hydrogens (tertiary/aromatic N) is 1. The Balaban J connectivity index is 1.77. The molecule has 0 aliphatic heterocycles. The maximum atomic E-state index is 13.7. The number of amides is 2. The van der Waals surface area contributed by atoms with Gasteiger partial charge in [-0.1, -0.05) is 85.1 Å². The number of halogens is 1. The van der Waals surface area contributed by atoms with Crippen LogP contribution >= 0.6 is 23.4 Å². The van der Waals surface area contributed by atoms with Gasteiger partial charge in [0.2, 0.25) is 11.8 Å². The summed E-state index contributed by atoms with van der Waals surface area (Å²) in [4.78, 5) is 30.0. The highest BCUT2D eigenvalue weighted by Gasteiger charge is 2.30. The van der Waals surface area contributed by atoms with Crippen molar-refractivity contribution in [3.8, 4) is 0 Å². The van der Waals surface area contributed by atoms with Gasteiger partial charge < -0.3 is 10.2 Å². The van der Waals surface area contributed by atoms with Crippen LogP contribution in [0.2, 0.25) is 5.02 Å². The molecule has 0 unspecified atom stereocenters. The third-order valence-corrected chi connectivity index (χ3v) is 7.50. The normalized spacial score (nSPS) is 11.6. The first kappa shape index (κ1) is 28.8. The number of hydrogen-bond acceptors (Lipinski definition) is 3. The molecule has 1 N–H and O–H groups in total. The zero-order valence-electron chi connectivity index (χ0n) is 21.8. The Hall–Kier alpha value is -2.76. The van der Waals surface area contributed by atoms with Crippen molar-refractivity contribution in [2.24, 2.45) is 0 Å². The molecule has 4 nitrogen and oxygen atoms in total. The lowest BCUT2D eigenvalue weighted by Gasteiger charge is -2.32. The fourth-order valence-electron chi connectivity index (χ4n) is 4.16. The second kappa shape index (κ2) is 15.5. The molecule has 0 aliphatic rings. The molecule has 1 atom stereocenters. The first-order valence-electron chi connectivity index (χ1n) is 13.0. The van der Waals surface area contributed by atoms with Crippen molar-refractivity contribution in [3.63, 3.8) is 0 Å². The van der Waals surface area contributed by atoms with E-state index in [0.717, 1.165) is 46.6 Å². The van der Waals surface area contributed by atoms with E-state index in [0.29, 0.717) is 31.0 Å². The number of nitrogens with one attached hydrogen (secondary N) is 1. The molecule has 3 aromatic rings. The van der Waals surface area contributed by atoms with Crippen LogP contribution in [-0.2, 0) is 22.6 Å². The van der Waals surface area contributed by atoms with Crippen LogP contribution in [0.15, 0.2) is 83.8 Å². The summed E-state index contributed by atoms with van der Waals surface area (Å²) >= 11 is 7.70. The minimum absolute atomic E-state index is 0.00443. The summed E-state index contributed by atoms with van der Waals surface area (Å²) in [6.07, 6.45) is 3.51. The minimum atomic E-state index is -0.573. The van der Waals surface area contributed by atoms with Gasteiger partial charge >= 0.3 is 0 Å².